The number of rotatable bonds is 4. The monoisotopic (exact) mass is 395 g/mol. The van der Waals surface area contributed by atoms with Crippen LogP contribution in [0.3, 0.4) is 0 Å². The topological polar surface area (TPSA) is 53.5 Å². The molecule has 3 atom stereocenters. The predicted molar refractivity (Wildman–Crippen MR) is 111 cm³/mol. The second-order valence-corrected chi connectivity index (χ2v) is 8.52. The number of carbonyl (C=O) groups is 2. The highest BCUT2D eigenvalue weighted by Gasteiger charge is 2.50. The fraction of sp³-hybridized carbons (Fsp3) is 0.409. The van der Waals surface area contributed by atoms with Gasteiger partial charge in [-0.05, 0) is 36.4 Å². The minimum absolute atomic E-state index is 0.000977. The maximum absolute atomic E-state index is 13.3. The standard InChI is InChI=1S/C22H25N3O2S/c1-15-5-3-4-6-18(15)21-19-13-24(20(26)14-28-2)11-17(19)12-25(21)22(27)16-7-9-23-10-8-16/h3-10,17,19,21H,11-14H2,1-2H3/t17-,19-,21-/m0/s1. The van der Waals surface area contributed by atoms with E-state index in [9.17, 15) is 9.59 Å². The summed E-state index contributed by atoms with van der Waals surface area (Å²) in [5, 5.41) is 0. The second kappa shape index (κ2) is 7.95. The number of pyridine rings is 1. The maximum Gasteiger partial charge on any atom is 0.254 e. The molecule has 2 aliphatic heterocycles. The lowest BCUT2D eigenvalue weighted by Crippen LogP contribution is -2.38. The van der Waals surface area contributed by atoms with Gasteiger partial charge in [0.1, 0.15) is 0 Å². The number of carbonyl (C=O) groups excluding carboxylic acids is 2. The third-order valence-corrected chi connectivity index (χ3v) is 6.52. The molecular weight excluding hydrogens is 370 g/mol. The molecule has 0 N–H and O–H groups in total. The fourth-order valence-corrected chi connectivity index (χ4v) is 5.08. The van der Waals surface area contributed by atoms with E-state index in [1.165, 1.54) is 11.1 Å². The average molecular weight is 396 g/mol. The molecule has 0 saturated carbocycles. The third kappa shape index (κ3) is 3.41. The van der Waals surface area contributed by atoms with Gasteiger partial charge in [-0.25, -0.2) is 0 Å². The molecule has 146 valence electrons. The predicted octanol–water partition coefficient (Wildman–Crippen LogP) is 3.02. The molecule has 0 unspecified atom stereocenters. The van der Waals surface area contributed by atoms with E-state index in [2.05, 4.69) is 24.0 Å². The average Bonchev–Trinajstić information content (AvgIpc) is 3.27. The van der Waals surface area contributed by atoms with Gasteiger partial charge >= 0.3 is 0 Å². The number of benzene rings is 1. The zero-order chi connectivity index (χ0) is 19.7. The van der Waals surface area contributed by atoms with E-state index in [0.29, 0.717) is 23.8 Å². The van der Waals surface area contributed by atoms with Crippen molar-refractivity contribution in [3.8, 4) is 0 Å². The Kier molecular flexibility index (Phi) is 5.40. The molecule has 2 saturated heterocycles. The van der Waals surface area contributed by atoms with E-state index in [4.69, 9.17) is 0 Å². The van der Waals surface area contributed by atoms with Crippen molar-refractivity contribution in [1.29, 1.82) is 0 Å². The summed E-state index contributed by atoms with van der Waals surface area (Å²) in [6.45, 7) is 4.26. The third-order valence-electron chi connectivity index (χ3n) is 5.98. The highest BCUT2D eigenvalue weighted by Crippen LogP contribution is 2.46. The molecule has 0 spiro atoms. The van der Waals surface area contributed by atoms with Crippen LogP contribution in [0.25, 0.3) is 0 Å². The summed E-state index contributed by atoms with van der Waals surface area (Å²) < 4.78 is 0. The van der Waals surface area contributed by atoms with Crippen molar-refractivity contribution < 1.29 is 9.59 Å². The maximum atomic E-state index is 13.3. The summed E-state index contributed by atoms with van der Waals surface area (Å²) >= 11 is 1.57. The Labute approximate surface area is 170 Å². The molecule has 0 aliphatic carbocycles. The SMILES string of the molecule is CSCC(=O)N1C[C@H]2CN(C(=O)c3ccncc3)[C@@H](c3ccccc3C)[C@H]2C1. The zero-order valence-corrected chi connectivity index (χ0v) is 17.1. The van der Waals surface area contributed by atoms with Crippen molar-refractivity contribution >= 4 is 23.6 Å². The molecule has 5 nitrogen and oxygen atoms in total. The number of aryl methyl sites for hydroxylation is 1. The first-order valence-electron chi connectivity index (χ1n) is 9.63. The van der Waals surface area contributed by atoms with Crippen LogP contribution in [-0.4, -0.2) is 58.2 Å². The lowest BCUT2D eigenvalue weighted by Gasteiger charge is -2.31. The molecule has 2 amide bonds. The summed E-state index contributed by atoms with van der Waals surface area (Å²) in [7, 11) is 0. The van der Waals surface area contributed by atoms with Crippen molar-refractivity contribution in [3.63, 3.8) is 0 Å². The van der Waals surface area contributed by atoms with Crippen molar-refractivity contribution in [1.82, 2.24) is 14.8 Å². The van der Waals surface area contributed by atoms with Crippen LogP contribution >= 0.6 is 11.8 Å². The number of nitrogens with zero attached hydrogens (tertiary/aromatic N) is 3. The number of hydrogen-bond donors (Lipinski definition) is 0. The number of aromatic nitrogens is 1. The van der Waals surface area contributed by atoms with E-state index in [1.54, 1.807) is 36.3 Å². The molecule has 3 heterocycles. The summed E-state index contributed by atoms with van der Waals surface area (Å²) in [5.41, 5.74) is 3.05. The van der Waals surface area contributed by atoms with Gasteiger partial charge in [-0.15, -0.1) is 0 Å². The van der Waals surface area contributed by atoms with Gasteiger partial charge in [0.2, 0.25) is 5.91 Å². The molecule has 0 bridgehead atoms. The van der Waals surface area contributed by atoms with E-state index in [0.717, 1.165) is 13.1 Å². The molecule has 1 aromatic heterocycles. The number of hydrogen-bond acceptors (Lipinski definition) is 4. The van der Waals surface area contributed by atoms with Gasteiger partial charge in [-0.1, -0.05) is 24.3 Å². The fourth-order valence-electron chi connectivity index (χ4n) is 4.65. The highest BCUT2D eigenvalue weighted by atomic mass is 32.2. The van der Waals surface area contributed by atoms with Crippen molar-refractivity contribution in [2.75, 3.05) is 31.6 Å². The highest BCUT2D eigenvalue weighted by molar-refractivity contribution is 7.99. The van der Waals surface area contributed by atoms with E-state index < -0.39 is 0 Å². The normalized spacial score (nSPS) is 23.7. The number of fused-ring (bicyclic) bond motifs is 1. The van der Waals surface area contributed by atoms with Gasteiger partial charge < -0.3 is 9.80 Å². The molecule has 2 aliphatic rings. The van der Waals surface area contributed by atoms with Crippen molar-refractivity contribution in [2.45, 2.75) is 13.0 Å². The van der Waals surface area contributed by atoms with Crippen LogP contribution in [0.1, 0.15) is 27.5 Å². The summed E-state index contributed by atoms with van der Waals surface area (Å²) in [5.74, 6) is 1.37. The lowest BCUT2D eigenvalue weighted by molar-refractivity contribution is -0.127. The van der Waals surface area contributed by atoms with Crippen LogP contribution in [0.5, 0.6) is 0 Å². The molecule has 1 aromatic carbocycles. The zero-order valence-electron chi connectivity index (χ0n) is 16.2. The first-order chi connectivity index (χ1) is 13.6. The largest absolute Gasteiger partial charge is 0.341 e. The first-order valence-corrected chi connectivity index (χ1v) is 11.0. The van der Waals surface area contributed by atoms with Crippen LogP contribution in [0.15, 0.2) is 48.8 Å². The van der Waals surface area contributed by atoms with E-state index in [-0.39, 0.29) is 23.8 Å². The molecule has 6 heteroatoms. The minimum atomic E-state index is -0.000977. The molecular formula is C22H25N3O2S. The Morgan fingerprint density at radius 3 is 2.57 bits per heavy atom. The van der Waals surface area contributed by atoms with Crippen molar-refractivity contribution in [3.05, 3.63) is 65.5 Å². The van der Waals surface area contributed by atoms with Crippen LogP contribution in [0, 0.1) is 18.8 Å². The second-order valence-electron chi connectivity index (χ2n) is 7.65. The molecule has 4 rings (SSSR count). The van der Waals surface area contributed by atoms with Gasteiger partial charge in [0, 0.05) is 49.4 Å². The molecule has 2 aromatic rings. The minimum Gasteiger partial charge on any atom is -0.341 e. The van der Waals surface area contributed by atoms with Crippen LogP contribution in [0.4, 0.5) is 0 Å². The number of likely N-dealkylation sites (tertiary alicyclic amines) is 2. The Morgan fingerprint density at radius 2 is 1.86 bits per heavy atom. The van der Waals surface area contributed by atoms with Gasteiger partial charge in [0.25, 0.3) is 5.91 Å². The van der Waals surface area contributed by atoms with E-state index >= 15 is 0 Å². The molecule has 0 radical (unpaired) electrons. The quantitative estimate of drug-likeness (QED) is 0.799. The first kappa shape index (κ1) is 19.0. The van der Waals surface area contributed by atoms with Gasteiger partial charge in [0.05, 0.1) is 11.8 Å². The summed E-state index contributed by atoms with van der Waals surface area (Å²) in [6, 6.07) is 11.9. The molecule has 28 heavy (non-hydrogen) atoms. The Balaban J connectivity index is 1.66. The Bertz CT molecular complexity index is 873. The lowest BCUT2D eigenvalue weighted by atomic mass is 9.87. The molecule has 2 fully saturated rings. The summed E-state index contributed by atoms with van der Waals surface area (Å²) in [6.07, 6.45) is 5.28. The van der Waals surface area contributed by atoms with Crippen molar-refractivity contribution in [2.24, 2.45) is 11.8 Å². The smallest absolute Gasteiger partial charge is 0.254 e. The van der Waals surface area contributed by atoms with Gasteiger partial charge in [-0.3, -0.25) is 14.6 Å². The van der Waals surface area contributed by atoms with Gasteiger partial charge in [-0.2, -0.15) is 11.8 Å². The van der Waals surface area contributed by atoms with Gasteiger partial charge in [0.15, 0.2) is 0 Å². The number of thioether (sulfide) groups is 1. The number of amides is 2. The summed E-state index contributed by atoms with van der Waals surface area (Å²) in [4.78, 5) is 33.8. The Hall–Kier alpha value is -2.34. The Morgan fingerprint density at radius 1 is 1.11 bits per heavy atom. The van der Waals surface area contributed by atoms with E-state index in [1.807, 2.05) is 28.2 Å². The van der Waals surface area contributed by atoms with Crippen LogP contribution in [-0.2, 0) is 4.79 Å². The van der Waals surface area contributed by atoms with Crippen LogP contribution < -0.4 is 0 Å². The van der Waals surface area contributed by atoms with Crippen LogP contribution in [0.2, 0.25) is 0 Å².